The molecule has 0 spiro atoms. The van der Waals surface area contributed by atoms with E-state index < -0.39 is 0 Å². The third-order valence-corrected chi connectivity index (χ3v) is 7.19. The molecule has 5 nitrogen and oxygen atoms in total. The smallest absolute Gasteiger partial charge is 0.260 e. The first kappa shape index (κ1) is 20.9. The molecule has 0 aliphatic carbocycles. The Bertz CT molecular complexity index is 1170. The molecule has 2 aromatic carbocycles. The summed E-state index contributed by atoms with van der Waals surface area (Å²) in [5.74, 6) is 1.13. The second-order valence-corrected chi connectivity index (χ2v) is 9.39. The van der Waals surface area contributed by atoms with Crippen LogP contribution in [0.5, 0.6) is 5.75 Å². The zero-order valence-electron chi connectivity index (χ0n) is 18.1. The molecule has 2 atom stereocenters. The maximum absolute atomic E-state index is 12.9. The van der Waals surface area contributed by atoms with Crippen molar-refractivity contribution in [2.24, 2.45) is 5.92 Å². The average Bonchev–Trinajstić information content (AvgIpc) is 2.84. The van der Waals surface area contributed by atoms with Crippen molar-refractivity contribution in [1.82, 2.24) is 9.47 Å². The molecule has 1 aromatic heterocycles. The summed E-state index contributed by atoms with van der Waals surface area (Å²) < 4.78 is 7.64. The van der Waals surface area contributed by atoms with Gasteiger partial charge >= 0.3 is 0 Å². The minimum atomic E-state index is 0.00107. The first-order valence-electron chi connectivity index (χ1n) is 11.0. The van der Waals surface area contributed by atoms with E-state index in [1.807, 2.05) is 45.9 Å². The summed E-state index contributed by atoms with van der Waals surface area (Å²) in [5.41, 5.74) is 3.31. The third-order valence-electron chi connectivity index (χ3n) is 6.45. The molecule has 6 heteroatoms. The zero-order chi connectivity index (χ0) is 22.1. The number of rotatable bonds is 5. The van der Waals surface area contributed by atoms with Crippen molar-refractivity contribution in [3.8, 4) is 16.9 Å². The number of pyridine rings is 1. The molecular formula is C26H26N2O3S. The molecular weight excluding hydrogens is 420 g/mol. The third kappa shape index (κ3) is 4.07. The highest BCUT2D eigenvalue weighted by atomic mass is 32.2. The maximum Gasteiger partial charge on any atom is 0.260 e. The fourth-order valence-electron chi connectivity index (χ4n) is 4.99. The van der Waals surface area contributed by atoms with Crippen LogP contribution in [0.1, 0.15) is 18.0 Å². The van der Waals surface area contributed by atoms with Crippen molar-refractivity contribution in [2.75, 3.05) is 26.0 Å². The number of fused-ring (bicyclic) bond motifs is 4. The van der Waals surface area contributed by atoms with Gasteiger partial charge < -0.3 is 14.2 Å². The van der Waals surface area contributed by atoms with Gasteiger partial charge in [-0.15, -0.1) is 11.8 Å². The van der Waals surface area contributed by atoms with Crippen molar-refractivity contribution in [2.45, 2.75) is 23.8 Å². The molecule has 1 fully saturated rings. The fourth-order valence-corrected chi connectivity index (χ4v) is 5.39. The van der Waals surface area contributed by atoms with Gasteiger partial charge in [0.15, 0.2) is 6.61 Å². The Balaban J connectivity index is 1.41. The van der Waals surface area contributed by atoms with Crippen LogP contribution >= 0.6 is 11.8 Å². The van der Waals surface area contributed by atoms with Gasteiger partial charge in [0.05, 0.1) is 0 Å². The number of aromatic nitrogens is 1. The topological polar surface area (TPSA) is 51.5 Å². The molecule has 32 heavy (non-hydrogen) atoms. The predicted molar refractivity (Wildman–Crippen MR) is 127 cm³/mol. The van der Waals surface area contributed by atoms with Gasteiger partial charge in [-0.3, -0.25) is 9.59 Å². The lowest BCUT2D eigenvalue weighted by Gasteiger charge is -2.43. The summed E-state index contributed by atoms with van der Waals surface area (Å²) in [6.07, 6.45) is 3.07. The van der Waals surface area contributed by atoms with E-state index in [9.17, 15) is 9.59 Å². The fraction of sp³-hybridized carbons (Fsp3) is 0.308. The highest BCUT2D eigenvalue weighted by Crippen LogP contribution is 2.40. The summed E-state index contributed by atoms with van der Waals surface area (Å²) >= 11 is 1.71. The molecule has 2 aliphatic heterocycles. The van der Waals surface area contributed by atoms with Gasteiger partial charge in [0.25, 0.3) is 11.5 Å². The van der Waals surface area contributed by atoms with Gasteiger partial charge in [0, 0.05) is 47.8 Å². The number of hydrogen-bond donors (Lipinski definition) is 0. The van der Waals surface area contributed by atoms with Crippen LogP contribution < -0.4 is 10.3 Å². The molecule has 3 aromatic rings. The molecule has 2 bridgehead atoms. The van der Waals surface area contributed by atoms with E-state index in [1.165, 1.54) is 4.90 Å². The Morgan fingerprint density at radius 1 is 1.00 bits per heavy atom. The summed E-state index contributed by atoms with van der Waals surface area (Å²) in [5, 5.41) is 0. The number of thioether (sulfide) groups is 1. The Labute approximate surface area is 192 Å². The summed E-state index contributed by atoms with van der Waals surface area (Å²) in [7, 11) is 0. The van der Waals surface area contributed by atoms with Gasteiger partial charge in [-0.05, 0) is 54.5 Å². The van der Waals surface area contributed by atoms with Gasteiger partial charge in [0.1, 0.15) is 5.75 Å². The van der Waals surface area contributed by atoms with E-state index in [1.54, 1.807) is 17.8 Å². The number of likely N-dealkylation sites (tertiary alicyclic amines) is 1. The number of hydrogen-bond acceptors (Lipinski definition) is 4. The van der Waals surface area contributed by atoms with Gasteiger partial charge in [-0.1, -0.05) is 30.3 Å². The van der Waals surface area contributed by atoms with Crippen molar-refractivity contribution in [1.29, 1.82) is 0 Å². The monoisotopic (exact) mass is 446 g/mol. The number of carbonyl (C=O) groups is 1. The van der Waals surface area contributed by atoms with Crippen molar-refractivity contribution in [3.63, 3.8) is 0 Å². The van der Waals surface area contributed by atoms with Crippen molar-refractivity contribution >= 4 is 17.7 Å². The quantitative estimate of drug-likeness (QED) is 0.550. The lowest BCUT2D eigenvalue weighted by molar-refractivity contribution is -0.136. The molecule has 164 valence electrons. The second kappa shape index (κ2) is 8.87. The minimum Gasteiger partial charge on any atom is -0.484 e. The van der Waals surface area contributed by atoms with Crippen molar-refractivity contribution < 1.29 is 9.53 Å². The Hall–Kier alpha value is -2.99. The van der Waals surface area contributed by atoms with E-state index in [4.69, 9.17) is 4.74 Å². The van der Waals surface area contributed by atoms with Crippen LogP contribution in [0.4, 0.5) is 0 Å². The van der Waals surface area contributed by atoms with E-state index in [2.05, 4.69) is 30.5 Å². The SMILES string of the molecule is CSc1ccc(-c2ccc(=O)n3c2C2CC(CN(C(=O)COc4ccccc4)C2)C3)cc1. The highest BCUT2D eigenvalue weighted by molar-refractivity contribution is 7.98. The first-order valence-corrected chi connectivity index (χ1v) is 12.2. The molecule has 1 saturated heterocycles. The maximum atomic E-state index is 12.9. The van der Waals surface area contributed by atoms with Crippen LogP contribution in [0.2, 0.25) is 0 Å². The van der Waals surface area contributed by atoms with Crippen LogP contribution in [0, 0.1) is 5.92 Å². The lowest BCUT2D eigenvalue weighted by Crippen LogP contribution is -2.50. The standard InChI is InChI=1S/C26H26N2O3S/c1-32-22-9-7-19(8-10-22)23-11-12-24(29)28-15-18-13-20(26(23)28)16-27(14-18)25(30)17-31-21-5-3-2-4-6-21/h2-12,18,20H,13-17H2,1H3. The van der Waals surface area contributed by atoms with Crippen LogP contribution in [0.25, 0.3) is 11.1 Å². The number of carbonyl (C=O) groups excluding carboxylic acids is 1. The predicted octanol–water partition coefficient (Wildman–Crippen LogP) is 4.26. The highest BCUT2D eigenvalue weighted by Gasteiger charge is 2.37. The molecule has 0 radical (unpaired) electrons. The largest absolute Gasteiger partial charge is 0.484 e. The number of piperidine rings is 1. The molecule has 0 saturated carbocycles. The zero-order valence-corrected chi connectivity index (χ0v) is 18.9. The van der Waals surface area contributed by atoms with Crippen LogP contribution in [-0.4, -0.2) is 41.3 Å². The Morgan fingerprint density at radius 3 is 2.53 bits per heavy atom. The van der Waals surface area contributed by atoms with Gasteiger partial charge in [0.2, 0.25) is 0 Å². The summed E-state index contributed by atoms with van der Waals surface area (Å²) in [6.45, 7) is 1.98. The number of benzene rings is 2. The summed E-state index contributed by atoms with van der Waals surface area (Å²) in [6, 6.07) is 21.5. The molecule has 3 heterocycles. The van der Waals surface area contributed by atoms with E-state index in [-0.39, 0.29) is 29.9 Å². The minimum absolute atomic E-state index is 0.00107. The van der Waals surface area contributed by atoms with Gasteiger partial charge in [-0.25, -0.2) is 0 Å². The summed E-state index contributed by atoms with van der Waals surface area (Å²) in [4.78, 5) is 28.8. The second-order valence-electron chi connectivity index (χ2n) is 8.51. The van der Waals surface area contributed by atoms with Crippen LogP contribution in [-0.2, 0) is 11.3 Å². The number of ether oxygens (including phenoxy) is 1. The van der Waals surface area contributed by atoms with E-state index >= 15 is 0 Å². The van der Waals surface area contributed by atoms with E-state index in [0.29, 0.717) is 25.4 Å². The molecule has 5 rings (SSSR count). The van der Waals surface area contributed by atoms with E-state index in [0.717, 1.165) is 23.2 Å². The number of para-hydroxylation sites is 1. The Kier molecular flexibility index (Phi) is 5.79. The first-order chi connectivity index (χ1) is 15.6. The molecule has 0 N–H and O–H groups in total. The van der Waals surface area contributed by atoms with Gasteiger partial charge in [-0.2, -0.15) is 0 Å². The molecule has 2 aliphatic rings. The van der Waals surface area contributed by atoms with Crippen molar-refractivity contribution in [3.05, 3.63) is 82.8 Å². The Morgan fingerprint density at radius 2 is 1.78 bits per heavy atom. The number of nitrogens with zero attached hydrogens (tertiary/aromatic N) is 2. The lowest BCUT2D eigenvalue weighted by atomic mass is 9.80. The molecule has 2 unspecified atom stereocenters. The van der Waals surface area contributed by atoms with Crippen LogP contribution in [0.3, 0.4) is 0 Å². The number of amides is 1. The average molecular weight is 447 g/mol. The normalized spacial score (nSPS) is 19.3. The molecule has 1 amide bonds. The van der Waals surface area contributed by atoms with Crippen LogP contribution in [0.15, 0.2) is 76.4 Å².